The number of aryl methyl sites for hydroxylation is 1. The maximum atomic E-state index is 12.6. The third kappa shape index (κ3) is 4.01. The van der Waals surface area contributed by atoms with Gasteiger partial charge < -0.3 is 10.2 Å². The summed E-state index contributed by atoms with van der Waals surface area (Å²) in [4.78, 5) is 36.0. The fourth-order valence-corrected chi connectivity index (χ4v) is 3.61. The Hall–Kier alpha value is -2.19. The summed E-state index contributed by atoms with van der Waals surface area (Å²) >= 11 is 6.16. The van der Waals surface area contributed by atoms with E-state index < -0.39 is 23.9 Å². The monoisotopic (exact) mass is 365 g/mol. The molecule has 1 aromatic rings. The molecule has 1 saturated heterocycles. The number of hydrogen-bond donors (Lipinski definition) is 2. The number of carboxylic acid groups (broad SMARTS) is 2. The molecular formula is C16H15NO5S2. The Morgan fingerprint density at radius 2 is 2.00 bits per heavy atom. The lowest BCUT2D eigenvalue weighted by Crippen LogP contribution is -2.44. The van der Waals surface area contributed by atoms with E-state index >= 15 is 0 Å². The van der Waals surface area contributed by atoms with Crippen molar-refractivity contribution in [3.8, 4) is 0 Å². The van der Waals surface area contributed by atoms with Gasteiger partial charge in [0.15, 0.2) is 0 Å². The highest BCUT2D eigenvalue weighted by Crippen LogP contribution is 2.35. The van der Waals surface area contributed by atoms with Crippen molar-refractivity contribution in [3.63, 3.8) is 0 Å². The van der Waals surface area contributed by atoms with Crippen LogP contribution in [0.3, 0.4) is 0 Å². The lowest BCUT2D eigenvalue weighted by Gasteiger charge is -2.22. The highest BCUT2D eigenvalue weighted by Gasteiger charge is 2.40. The Morgan fingerprint density at radius 1 is 1.33 bits per heavy atom. The van der Waals surface area contributed by atoms with Gasteiger partial charge in [-0.2, -0.15) is 0 Å². The van der Waals surface area contributed by atoms with Gasteiger partial charge in [-0.25, -0.2) is 4.79 Å². The summed E-state index contributed by atoms with van der Waals surface area (Å²) in [6.45, 7) is 1.90. The number of amides is 1. The first-order valence-corrected chi connectivity index (χ1v) is 8.31. The Bertz CT molecular complexity index is 744. The SMILES string of the molecule is Cc1ccccc1/C=C1\SC(=S)N([C@@H](CCC(=O)O)C(=O)O)C1=O. The van der Waals surface area contributed by atoms with Crippen LogP contribution in [-0.4, -0.2) is 43.3 Å². The number of aliphatic carboxylic acids is 2. The van der Waals surface area contributed by atoms with Crippen LogP contribution in [0, 0.1) is 6.92 Å². The van der Waals surface area contributed by atoms with E-state index in [-0.39, 0.29) is 17.2 Å². The molecule has 1 aliphatic heterocycles. The third-order valence-electron chi connectivity index (χ3n) is 3.53. The third-order valence-corrected chi connectivity index (χ3v) is 4.86. The smallest absolute Gasteiger partial charge is 0.326 e. The maximum Gasteiger partial charge on any atom is 0.326 e. The van der Waals surface area contributed by atoms with Crippen LogP contribution in [0.4, 0.5) is 0 Å². The van der Waals surface area contributed by atoms with Crippen molar-refractivity contribution < 1.29 is 24.6 Å². The van der Waals surface area contributed by atoms with Gasteiger partial charge in [0.2, 0.25) is 0 Å². The first-order chi connectivity index (χ1) is 11.3. The second-order valence-electron chi connectivity index (χ2n) is 5.19. The molecule has 1 aromatic carbocycles. The molecule has 0 aliphatic carbocycles. The van der Waals surface area contributed by atoms with Crippen molar-refractivity contribution >= 4 is 52.2 Å². The number of thioether (sulfide) groups is 1. The molecule has 0 unspecified atom stereocenters. The molecule has 1 heterocycles. The van der Waals surface area contributed by atoms with Crippen LogP contribution >= 0.6 is 24.0 Å². The van der Waals surface area contributed by atoms with Gasteiger partial charge in [-0.05, 0) is 30.5 Å². The van der Waals surface area contributed by atoms with Crippen molar-refractivity contribution in [3.05, 3.63) is 40.3 Å². The van der Waals surface area contributed by atoms with E-state index in [0.29, 0.717) is 4.91 Å². The molecule has 1 atom stereocenters. The number of benzene rings is 1. The maximum absolute atomic E-state index is 12.6. The van der Waals surface area contributed by atoms with E-state index in [0.717, 1.165) is 27.8 Å². The second kappa shape index (κ2) is 7.59. The number of carbonyl (C=O) groups excluding carboxylic acids is 1. The Morgan fingerprint density at radius 3 is 2.58 bits per heavy atom. The molecule has 0 bridgehead atoms. The lowest BCUT2D eigenvalue weighted by atomic mass is 10.1. The largest absolute Gasteiger partial charge is 0.481 e. The molecule has 1 fully saturated rings. The van der Waals surface area contributed by atoms with Crippen molar-refractivity contribution in [2.45, 2.75) is 25.8 Å². The average molecular weight is 365 g/mol. The van der Waals surface area contributed by atoms with Crippen LogP contribution in [0.2, 0.25) is 0 Å². The first-order valence-electron chi connectivity index (χ1n) is 7.08. The summed E-state index contributed by atoms with van der Waals surface area (Å²) in [5.74, 6) is -2.90. The fraction of sp³-hybridized carbons (Fsp3) is 0.250. The Balaban J connectivity index is 2.28. The van der Waals surface area contributed by atoms with Gasteiger partial charge in [0, 0.05) is 6.42 Å². The van der Waals surface area contributed by atoms with E-state index in [1.165, 1.54) is 0 Å². The summed E-state index contributed by atoms with van der Waals surface area (Å²) < 4.78 is 0.123. The van der Waals surface area contributed by atoms with E-state index in [1.54, 1.807) is 6.08 Å². The predicted octanol–water partition coefficient (Wildman–Crippen LogP) is 2.51. The van der Waals surface area contributed by atoms with Gasteiger partial charge >= 0.3 is 11.9 Å². The highest BCUT2D eigenvalue weighted by molar-refractivity contribution is 8.26. The van der Waals surface area contributed by atoms with Crippen molar-refractivity contribution in [1.82, 2.24) is 4.90 Å². The van der Waals surface area contributed by atoms with Gasteiger partial charge in [0.25, 0.3) is 5.91 Å². The molecule has 126 valence electrons. The zero-order valence-electron chi connectivity index (χ0n) is 12.8. The molecule has 1 amide bonds. The summed E-state index contributed by atoms with van der Waals surface area (Å²) in [5.41, 5.74) is 1.82. The molecule has 1 aliphatic rings. The molecule has 2 rings (SSSR count). The summed E-state index contributed by atoms with van der Waals surface area (Å²) in [5, 5.41) is 18.1. The average Bonchev–Trinajstić information content (AvgIpc) is 2.77. The molecule has 2 N–H and O–H groups in total. The van der Waals surface area contributed by atoms with Crippen LogP contribution < -0.4 is 0 Å². The molecule has 24 heavy (non-hydrogen) atoms. The molecule has 0 radical (unpaired) electrons. The summed E-state index contributed by atoms with van der Waals surface area (Å²) in [6, 6.07) is 6.19. The molecule has 0 saturated carbocycles. The van der Waals surface area contributed by atoms with E-state index in [9.17, 15) is 19.5 Å². The van der Waals surface area contributed by atoms with Crippen molar-refractivity contribution in [2.24, 2.45) is 0 Å². The molecule has 6 nitrogen and oxygen atoms in total. The minimum Gasteiger partial charge on any atom is -0.481 e. The van der Waals surface area contributed by atoms with E-state index in [2.05, 4.69) is 0 Å². The number of thiocarbonyl (C=S) groups is 1. The number of carboxylic acids is 2. The number of nitrogens with zero attached hydrogens (tertiary/aromatic N) is 1. The van der Waals surface area contributed by atoms with Gasteiger partial charge in [-0.1, -0.05) is 48.2 Å². The summed E-state index contributed by atoms with van der Waals surface area (Å²) in [7, 11) is 0. The van der Waals surface area contributed by atoms with Crippen LogP contribution in [0.25, 0.3) is 6.08 Å². The summed E-state index contributed by atoms with van der Waals surface area (Å²) in [6.07, 6.45) is 1.12. The zero-order chi connectivity index (χ0) is 17.9. The standard InChI is InChI=1S/C16H15NO5S2/c1-9-4-2-3-5-10(9)8-12-14(20)17(16(23)24-12)11(15(21)22)6-7-13(18)19/h2-5,8,11H,6-7H2,1H3,(H,18,19)(H,21,22)/b12-8-/t11-/m0/s1. The predicted molar refractivity (Wildman–Crippen MR) is 94.5 cm³/mol. The normalized spacial score (nSPS) is 17.4. The topological polar surface area (TPSA) is 94.9 Å². The van der Waals surface area contributed by atoms with Crippen LogP contribution in [0.1, 0.15) is 24.0 Å². The van der Waals surface area contributed by atoms with Gasteiger partial charge in [-0.15, -0.1) is 0 Å². The lowest BCUT2D eigenvalue weighted by molar-refractivity contribution is -0.146. The number of hydrogen-bond acceptors (Lipinski definition) is 5. The zero-order valence-corrected chi connectivity index (χ0v) is 14.4. The quantitative estimate of drug-likeness (QED) is 0.591. The van der Waals surface area contributed by atoms with Crippen LogP contribution in [0.5, 0.6) is 0 Å². The van der Waals surface area contributed by atoms with Crippen LogP contribution in [0.15, 0.2) is 29.2 Å². The first kappa shape index (κ1) is 18.2. The molecular weight excluding hydrogens is 350 g/mol. The number of carbonyl (C=O) groups is 3. The van der Waals surface area contributed by atoms with Gasteiger partial charge in [-0.3, -0.25) is 14.5 Å². The van der Waals surface area contributed by atoms with Gasteiger partial charge in [0.05, 0.1) is 4.91 Å². The molecule has 0 aromatic heterocycles. The minimum atomic E-state index is -1.28. The minimum absolute atomic E-state index is 0.123. The fourth-order valence-electron chi connectivity index (χ4n) is 2.26. The van der Waals surface area contributed by atoms with Gasteiger partial charge in [0.1, 0.15) is 10.4 Å². The van der Waals surface area contributed by atoms with E-state index in [1.807, 2.05) is 31.2 Å². The van der Waals surface area contributed by atoms with Crippen molar-refractivity contribution in [2.75, 3.05) is 0 Å². The number of rotatable bonds is 6. The molecule has 8 heteroatoms. The van der Waals surface area contributed by atoms with Crippen molar-refractivity contribution in [1.29, 1.82) is 0 Å². The van der Waals surface area contributed by atoms with Crippen LogP contribution in [-0.2, 0) is 14.4 Å². The second-order valence-corrected chi connectivity index (χ2v) is 6.87. The highest BCUT2D eigenvalue weighted by atomic mass is 32.2. The molecule has 0 spiro atoms. The Kier molecular flexibility index (Phi) is 5.74. The van der Waals surface area contributed by atoms with E-state index in [4.69, 9.17) is 17.3 Å². The Labute approximate surface area is 148 Å².